The van der Waals surface area contributed by atoms with E-state index in [1.54, 1.807) is 6.07 Å². The van der Waals surface area contributed by atoms with Crippen molar-refractivity contribution in [1.29, 1.82) is 0 Å². The maximum atomic E-state index is 10.4. The largest absolute Gasteiger partial charge is 0.504 e. The van der Waals surface area contributed by atoms with E-state index in [-0.39, 0.29) is 29.1 Å². The van der Waals surface area contributed by atoms with Crippen LogP contribution in [0.5, 0.6) is 11.5 Å². The van der Waals surface area contributed by atoms with Gasteiger partial charge in [-0.05, 0) is 73.3 Å². The Labute approximate surface area is 143 Å². The van der Waals surface area contributed by atoms with Crippen LogP contribution in [0.3, 0.4) is 0 Å². The molecular weight excluding hydrogens is 302 g/mol. The Morgan fingerprint density at radius 1 is 1.04 bits per heavy atom. The Hall–Kier alpha value is -1.26. The second kappa shape index (κ2) is 5.12. The molecule has 1 aromatic rings. The maximum Gasteiger partial charge on any atom is 0.161 e. The molecule has 0 spiro atoms. The van der Waals surface area contributed by atoms with E-state index in [0.717, 1.165) is 35.3 Å². The summed E-state index contributed by atoms with van der Waals surface area (Å²) in [4.78, 5) is 0. The van der Waals surface area contributed by atoms with Crippen molar-refractivity contribution in [3.8, 4) is 11.5 Å². The van der Waals surface area contributed by atoms with Crippen LogP contribution >= 0.6 is 0 Å². The van der Waals surface area contributed by atoms with E-state index in [2.05, 4.69) is 5.73 Å². The summed E-state index contributed by atoms with van der Waals surface area (Å²) in [6, 6.07) is 3.47. The topological polar surface area (TPSA) is 77.3 Å². The number of ether oxygens (including phenoxy) is 1. The molecule has 0 aromatic heterocycles. The summed E-state index contributed by atoms with van der Waals surface area (Å²) < 4.78 is 6.59. The van der Waals surface area contributed by atoms with Gasteiger partial charge in [-0.1, -0.05) is 6.07 Å². The lowest BCUT2D eigenvalue weighted by molar-refractivity contribution is -0.393. The molecular formula is C20H28NO3+. The normalized spacial score (nSPS) is 43.0. The lowest BCUT2D eigenvalue weighted by Gasteiger charge is -2.60. The molecule has 24 heavy (non-hydrogen) atoms. The number of quaternary nitrogens is 1. The molecule has 4 fully saturated rings. The van der Waals surface area contributed by atoms with Gasteiger partial charge < -0.3 is 20.7 Å². The van der Waals surface area contributed by atoms with Gasteiger partial charge in [-0.15, -0.1) is 0 Å². The third-order valence-electron chi connectivity index (χ3n) is 7.39. The van der Waals surface area contributed by atoms with Crippen LogP contribution in [0.25, 0.3) is 0 Å². The van der Waals surface area contributed by atoms with Gasteiger partial charge in [0.25, 0.3) is 0 Å². The summed E-state index contributed by atoms with van der Waals surface area (Å²) in [5.41, 5.74) is 6.28. The van der Waals surface area contributed by atoms with E-state index in [4.69, 9.17) is 4.74 Å². The average molecular weight is 330 g/mol. The minimum absolute atomic E-state index is 0.0114. The van der Waals surface area contributed by atoms with Gasteiger partial charge in [0.1, 0.15) is 12.6 Å². The molecule has 1 heterocycles. The van der Waals surface area contributed by atoms with Crippen LogP contribution in [-0.2, 0) is 11.2 Å². The molecule has 1 aliphatic heterocycles. The van der Waals surface area contributed by atoms with Crippen molar-refractivity contribution < 1.29 is 20.7 Å². The van der Waals surface area contributed by atoms with Crippen LogP contribution in [0.2, 0.25) is 0 Å². The zero-order chi connectivity index (χ0) is 16.5. The van der Waals surface area contributed by atoms with Crippen molar-refractivity contribution in [3.05, 3.63) is 23.3 Å². The molecule has 5 N–H and O–H groups in total. The zero-order valence-corrected chi connectivity index (χ0v) is 14.2. The first-order valence-electron chi connectivity index (χ1n) is 9.56. The third kappa shape index (κ3) is 2.05. The molecule has 0 radical (unpaired) electrons. The van der Waals surface area contributed by atoms with Gasteiger partial charge in [0, 0.05) is 12.0 Å². The Morgan fingerprint density at radius 3 is 2.25 bits per heavy atom. The number of phenols is 2. The zero-order valence-electron chi connectivity index (χ0n) is 14.2. The van der Waals surface area contributed by atoms with Crippen molar-refractivity contribution in [1.82, 2.24) is 0 Å². The fraction of sp³-hybridized carbons (Fsp3) is 0.700. The van der Waals surface area contributed by atoms with Crippen LogP contribution in [0.1, 0.15) is 55.8 Å². The van der Waals surface area contributed by atoms with Crippen molar-refractivity contribution in [2.75, 3.05) is 6.54 Å². The molecule has 130 valence electrons. The molecule has 4 saturated carbocycles. The number of benzene rings is 1. The SMILES string of the molecule is [NH3+]C[C@@H]1O[C@H](C23CC4CC(CC(C4)C2)C3)Cc2c1ccc(O)c2O. The molecule has 0 unspecified atom stereocenters. The molecule has 0 saturated heterocycles. The Bertz CT molecular complexity index is 636. The smallest absolute Gasteiger partial charge is 0.161 e. The molecule has 2 atom stereocenters. The summed E-state index contributed by atoms with van der Waals surface area (Å²) in [6.45, 7) is 0.667. The second-order valence-electron chi connectivity index (χ2n) is 8.89. The molecule has 4 bridgehead atoms. The lowest BCUT2D eigenvalue weighted by atomic mass is 9.47. The van der Waals surface area contributed by atoms with Crippen molar-refractivity contribution >= 4 is 0 Å². The summed E-state index contributed by atoms with van der Waals surface area (Å²) in [7, 11) is 0. The van der Waals surface area contributed by atoms with Crippen LogP contribution in [-0.4, -0.2) is 22.9 Å². The fourth-order valence-corrected chi connectivity index (χ4v) is 6.82. The number of hydrogen-bond acceptors (Lipinski definition) is 3. The number of fused-ring (bicyclic) bond motifs is 1. The summed E-state index contributed by atoms with van der Waals surface area (Å²) in [5, 5.41) is 20.4. The van der Waals surface area contributed by atoms with Crippen LogP contribution in [0, 0.1) is 23.2 Å². The van der Waals surface area contributed by atoms with Gasteiger partial charge in [-0.2, -0.15) is 0 Å². The first kappa shape index (κ1) is 15.0. The summed E-state index contributed by atoms with van der Waals surface area (Å²) >= 11 is 0. The first-order valence-corrected chi connectivity index (χ1v) is 9.56. The third-order valence-corrected chi connectivity index (χ3v) is 7.39. The number of hydrogen-bond donors (Lipinski definition) is 3. The highest BCUT2D eigenvalue weighted by Gasteiger charge is 2.56. The van der Waals surface area contributed by atoms with Crippen LogP contribution in [0.15, 0.2) is 12.1 Å². The highest BCUT2D eigenvalue weighted by atomic mass is 16.5. The first-order chi connectivity index (χ1) is 11.6. The molecule has 0 amide bonds. The molecule has 4 heteroatoms. The molecule has 4 nitrogen and oxygen atoms in total. The summed E-state index contributed by atoms with van der Waals surface area (Å²) in [6.07, 6.45) is 9.00. The molecule has 4 aliphatic carbocycles. The van der Waals surface area contributed by atoms with E-state index < -0.39 is 0 Å². The highest BCUT2D eigenvalue weighted by molar-refractivity contribution is 5.51. The van der Waals surface area contributed by atoms with Gasteiger partial charge in [0.2, 0.25) is 0 Å². The lowest BCUT2D eigenvalue weighted by Crippen LogP contribution is -2.58. The minimum atomic E-state index is -0.0572. The van der Waals surface area contributed by atoms with E-state index in [1.807, 2.05) is 6.07 Å². The van der Waals surface area contributed by atoms with Crippen molar-refractivity contribution in [3.63, 3.8) is 0 Å². The van der Waals surface area contributed by atoms with E-state index >= 15 is 0 Å². The quantitative estimate of drug-likeness (QED) is 0.729. The van der Waals surface area contributed by atoms with Crippen LogP contribution in [0.4, 0.5) is 0 Å². The van der Waals surface area contributed by atoms with Gasteiger partial charge in [-0.25, -0.2) is 0 Å². The second-order valence-corrected chi connectivity index (χ2v) is 8.89. The van der Waals surface area contributed by atoms with E-state index in [1.165, 1.54) is 38.5 Å². The number of phenolic OH excluding ortho intramolecular Hbond substituents is 2. The minimum Gasteiger partial charge on any atom is -0.504 e. The molecule has 1 aromatic carbocycles. The Morgan fingerprint density at radius 2 is 1.67 bits per heavy atom. The average Bonchev–Trinajstić information content (AvgIpc) is 2.56. The van der Waals surface area contributed by atoms with Crippen molar-refractivity contribution in [2.24, 2.45) is 23.2 Å². The maximum absolute atomic E-state index is 10.4. The van der Waals surface area contributed by atoms with E-state index in [0.29, 0.717) is 6.54 Å². The van der Waals surface area contributed by atoms with Crippen molar-refractivity contribution in [2.45, 2.75) is 57.2 Å². The molecule has 5 aliphatic rings. The standard InChI is InChI=1S/C20H27NO3/c21-10-17-14-1-2-16(22)19(23)15(14)6-18(24-17)20-7-11-3-12(8-20)5-13(4-11)9-20/h1-2,11-13,17-18,22-23H,3-10,21H2/p+1/t11?,12?,13?,17-,18-,20?/m0/s1. The Balaban J connectivity index is 1.53. The highest BCUT2D eigenvalue weighted by Crippen LogP contribution is 2.63. The predicted molar refractivity (Wildman–Crippen MR) is 89.4 cm³/mol. The van der Waals surface area contributed by atoms with E-state index in [9.17, 15) is 10.2 Å². The van der Waals surface area contributed by atoms with Gasteiger partial charge >= 0.3 is 0 Å². The predicted octanol–water partition coefficient (Wildman–Crippen LogP) is 2.54. The Kier molecular flexibility index (Phi) is 3.21. The van der Waals surface area contributed by atoms with Gasteiger partial charge in [0.05, 0.1) is 6.10 Å². The van der Waals surface area contributed by atoms with Gasteiger partial charge in [-0.3, -0.25) is 0 Å². The molecule has 6 rings (SSSR count). The van der Waals surface area contributed by atoms with Crippen LogP contribution < -0.4 is 5.73 Å². The monoisotopic (exact) mass is 330 g/mol. The van der Waals surface area contributed by atoms with Gasteiger partial charge in [0.15, 0.2) is 11.5 Å². The number of rotatable bonds is 2. The number of aromatic hydroxyl groups is 2. The fourth-order valence-electron chi connectivity index (χ4n) is 6.82. The summed E-state index contributed by atoms with van der Waals surface area (Å²) in [5.74, 6) is 2.71.